The van der Waals surface area contributed by atoms with Crippen LogP contribution in [0, 0.1) is 0 Å². The van der Waals surface area contributed by atoms with Crippen molar-refractivity contribution in [3.8, 4) is 0 Å². The molecule has 0 saturated heterocycles. The second kappa shape index (κ2) is 14.4. The van der Waals surface area contributed by atoms with Crippen LogP contribution in [0.5, 0.6) is 0 Å². The third kappa shape index (κ3) is 4880. The summed E-state index contributed by atoms with van der Waals surface area (Å²) >= 11 is 0. The van der Waals surface area contributed by atoms with E-state index in [9.17, 15) is 0 Å². The van der Waals surface area contributed by atoms with Crippen molar-refractivity contribution in [3.05, 3.63) is 0 Å². The van der Waals surface area contributed by atoms with Crippen molar-refractivity contribution < 1.29 is 86.7 Å². The van der Waals surface area contributed by atoms with E-state index in [-0.39, 0.29) is 46.5 Å². The largest absolute Gasteiger partial charge is 3.00 e. The molecule has 2 radical (unpaired) electrons. The average molecular weight is 436 g/mol. The van der Waals surface area contributed by atoms with Crippen LogP contribution in [0.1, 0.15) is 0 Å². The van der Waals surface area contributed by atoms with Gasteiger partial charge >= 0.3 is 34.1 Å². The Labute approximate surface area is 130 Å². The van der Waals surface area contributed by atoms with Crippen molar-refractivity contribution in [3.63, 3.8) is 0 Å². The first kappa shape index (κ1) is 36.4. The molecule has 114 valence electrons. The molecule has 0 spiro atoms. The zero-order valence-corrected chi connectivity index (χ0v) is 12.7. The normalized spacial score (nSPS) is 9.67. The van der Waals surface area contributed by atoms with Gasteiger partial charge in [-0.2, -0.15) is 0 Å². The molecule has 0 heterocycles. The summed E-state index contributed by atoms with van der Waals surface area (Å²) in [6.07, 6.45) is 0. The number of hydrogen-bond donors (Lipinski definition) is 0. The topological polar surface area (TPSA) is 241 Å². The average Bonchev–Trinajstić information content (AvgIpc) is 1.41. The predicted molar refractivity (Wildman–Crippen MR) is 38.7 cm³/mol. The van der Waals surface area contributed by atoms with E-state index in [1.807, 2.05) is 0 Å². The van der Waals surface area contributed by atoms with Gasteiger partial charge < -0.3 is 27.3 Å². The van der Waals surface area contributed by atoms with Crippen LogP contribution in [0.3, 0.4) is 0 Å². The summed E-state index contributed by atoms with van der Waals surface area (Å²) in [7, 11) is -15.5. The van der Waals surface area contributed by atoms with Gasteiger partial charge in [-0.3, -0.25) is 25.3 Å². The molecule has 0 bridgehead atoms. The van der Waals surface area contributed by atoms with Gasteiger partial charge in [0.15, 0.2) is 0 Å². The molecule has 0 aromatic carbocycles. The summed E-state index contributed by atoms with van der Waals surface area (Å²) in [6.45, 7) is 0. The Morgan fingerprint density at radius 1 is 0.444 bits per heavy atom. The maximum atomic E-state index is 8.52. The second-order valence-electron chi connectivity index (χ2n) is 1.22. The maximum absolute atomic E-state index is 8.52. The molecule has 0 amide bonds. The fourth-order valence-electron chi connectivity index (χ4n) is 0. The fourth-order valence-corrected chi connectivity index (χ4v) is 0. The minimum Gasteiger partial charge on any atom is -0.759 e. The third-order valence-electron chi connectivity index (χ3n) is 0. The SMILES string of the molecule is Cl.O=S(=O)([O-])[O-].O=S(=O)([O-])[O-].O=S(=O)([O-])[O-].[Fe+3].[Fe+3]. The Morgan fingerprint density at radius 2 is 0.444 bits per heavy atom. The van der Waals surface area contributed by atoms with Gasteiger partial charge in [0, 0.05) is 31.2 Å². The van der Waals surface area contributed by atoms with E-state index in [4.69, 9.17) is 52.6 Å². The van der Waals surface area contributed by atoms with E-state index in [0.29, 0.717) is 0 Å². The molecular weight excluding hydrogens is 435 g/mol. The smallest absolute Gasteiger partial charge is 0.759 e. The molecule has 0 aliphatic rings. The molecule has 0 aromatic heterocycles. The third-order valence-corrected chi connectivity index (χ3v) is 0. The minimum absolute atomic E-state index is 0. The molecule has 0 aliphatic heterocycles. The molecule has 0 unspecified atom stereocenters. The number of rotatable bonds is 0. The van der Waals surface area contributed by atoms with Crippen LogP contribution >= 0.6 is 12.4 Å². The van der Waals surface area contributed by atoms with E-state index in [1.165, 1.54) is 0 Å². The summed E-state index contributed by atoms with van der Waals surface area (Å²) in [5.41, 5.74) is 0. The molecule has 0 aliphatic carbocycles. The first-order chi connectivity index (χ1) is 6.00. The summed E-state index contributed by atoms with van der Waals surface area (Å²) in [6, 6.07) is 0. The zero-order valence-electron chi connectivity index (χ0n) is 7.24. The van der Waals surface area contributed by atoms with E-state index in [2.05, 4.69) is 0 Å². The molecular formula is HClFe2O12S3. The van der Waals surface area contributed by atoms with Crippen molar-refractivity contribution in [2.24, 2.45) is 0 Å². The molecule has 0 saturated carbocycles. The van der Waals surface area contributed by atoms with Gasteiger partial charge in [-0.15, -0.1) is 12.4 Å². The van der Waals surface area contributed by atoms with Crippen LogP contribution in [0.25, 0.3) is 0 Å². The van der Waals surface area contributed by atoms with E-state index in [0.717, 1.165) is 0 Å². The minimum atomic E-state index is -5.17. The predicted octanol–water partition coefficient (Wildman–Crippen LogP) is -3.60. The first-order valence-corrected chi connectivity index (χ1v) is 6.00. The quantitative estimate of drug-likeness (QED) is 0.203. The fraction of sp³-hybridized carbons (Fsp3) is 0. The van der Waals surface area contributed by atoms with Gasteiger partial charge in [0.05, 0.1) is 0 Å². The molecule has 0 aromatic rings. The zero-order chi connectivity index (χ0) is 13.5. The summed E-state index contributed by atoms with van der Waals surface area (Å²) in [5.74, 6) is 0. The van der Waals surface area contributed by atoms with Crippen molar-refractivity contribution in [1.82, 2.24) is 0 Å². The standard InChI is InChI=1S/ClH.2Fe.3H2O4S/c;;;3*1-5(2,3)4/h1H;;;3*(H2,1,2,3,4)/q;2*+3;;;/p-6. The van der Waals surface area contributed by atoms with Crippen molar-refractivity contribution >= 4 is 43.6 Å². The van der Waals surface area contributed by atoms with Crippen LogP contribution in [0.2, 0.25) is 0 Å². The molecule has 0 rings (SSSR count). The Kier molecular flexibility index (Phi) is 29.0. The first-order valence-electron chi connectivity index (χ1n) is 2.00. The van der Waals surface area contributed by atoms with Crippen LogP contribution in [-0.2, 0) is 65.3 Å². The molecule has 0 N–H and O–H groups in total. The van der Waals surface area contributed by atoms with E-state index >= 15 is 0 Å². The summed E-state index contributed by atoms with van der Waals surface area (Å²) in [5, 5.41) is 0. The van der Waals surface area contributed by atoms with Crippen molar-refractivity contribution in [2.75, 3.05) is 0 Å². The number of halogens is 1. The van der Waals surface area contributed by atoms with E-state index < -0.39 is 31.2 Å². The second-order valence-corrected chi connectivity index (χ2v) is 3.67. The Morgan fingerprint density at radius 3 is 0.444 bits per heavy atom. The molecule has 0 atom stereocenters. The van der Waals surface area contributed by atoms with Gasteiger partial charge in [-0.25, -0.2) is 0 Å². The maximum Gasteiger partial charge on any atom is 3.00 e. The van der Waals surface area contributed by atoms with Crippen molar-refractivity contribution in [1.29, 1.82) is 0 Å². The van der Waals surface area contributed by atoms with Gasteiger partial charge in [-0.1, -0.05) is 0 Å². The molecule has 0 fully saturated rings. The Balaban J connectivity index is -0.0000000277. The summed E-state index contributed by atoms with van der Waals surface area (Å²) < 4.78 is 102. The summed E-state index contributed by atoms with van der Waals surface area (Å²) in [4.78, 5) is 0. The van der Waals surface area contributed by atoms with Gasteiger partial charge in [0.2, 0.25) is 0 Å². The molecule has 18 heteroatoms. The monoisotopic (exact) mass is 436 g/mol. The van der Waals surface area contributed by atoms with E-state index in [1.54, 1.807) is 0 Å². The Bertz CT molecular complexity index is 346. The van der Waals surface area contributed by atoms with Crippen LogP contribution in [-0.4, -0.2) is 52.6 Å². The molecule has 12 nitrogen and oxygen atoms in total. The van der Waals surface area contributed by atoms with Crippen LogP contribution in [0.15, 0.2) is 0 Å². The van der Waals surface area contributed by atoms with Crippen molar-refractivity contribution in [2.45, 2.75) is 0 Å². The van der Waals surface area contributed by atoms with Gasteiger partial charge in [0.25, 0.3) is 0 Å². The van der Waals surface area contributed by atoms with Crippen LogP contribution in [0.4, 0.5) is 0 Å². The van der Waals surface area contributed by atoms with Gasteiger partial charge in [-0.05, 0) is 0 Å². The Hall–Kier alpha value is 0.939. The van der Waals surface area contributed by atoms with Gasteiger partial charge in [0.1, 0.15) is 0 Å². The van der Waals surface area contributed by atoms with Crippen LogP contribution < -0.4 is 0 Å². The number of hydrogen-bond acceptors (Lipinski definition) is 12. The molecule has 18 heavy (non-hydrogen) atoms.